The van der Waals surface area contributed by atoms with Crippen molar-refractivity contribution in [1.82, 2.24) is 9.62 Å². The standard InChI is InChI=1S/C15H24N2O3S/c1-4-20-15-8-7-14(10-12(15)2)21(18,19)17-9-5-6-13(17)11-16-3/h7-8,10,13,16H,4-6,9,11H2,1-3H3. The van der Waals surface area contributed by atoms with E-state index in [9.17, 15) is 8.42 Å². The third kappa shape index (κ3) is 3.39. The zero-order valence-corrected chi connectivity index (χ0v) is 13.7. The molecule has 0 saturated carbocycles. The third-order valence-corrected chi connectivity index (χ3v) is 5.76. The van der Waals surface area contributed by atoms with Crippen molar-refractivity contribution in [2.24, 2.45) is 0 Å². The molecular weight excluding hydrogens is 288 g/mol. The lowest BCUT2D eigenvalue weighted by Gasteiger charge is -2.24. The molecule has 1 aliphatic rings. The van der Waals surface area contributed by atoms with Crippen molar-refractivity contribution in [2.45, 2.75) is 37.6 Å². The lowest BCUT2D eigenvalue weighted by atomic mass is 10.2. The van der Waals surface area contributed by atoms with Crippen LogP contribution < -0.4 is 10.1 Å². The number of rotatable bonds is 6. The number of nitrogens with one attached hydrogen (secondary N) is 1. The fourth-order valence-corrected chi connectivity index (χ4v) is 4.58. The molecule has 1 fully saturated rings. The van der Waals surface area contributed by atoms with Gasteiger partial charge in [-0.1, -0.05) is 0 Å². The summed E-state index contributed by atoms with van der Waals surface area (Å²) in [5, 5.41) is 3.07. The summed E-state index contributed by atoms with van der Waals surface area (Å²) in [4.78, 5) is 0.353. The van der Waals surface area contributed by atoms with E-state index in [0.29, 0.717) is 24.6 Å². The summed E-state index contributed by atoms with van der Waals surface area (Å²) < 4.78 is 32.7. The van der Waals surface area contributed by atoms with E-state index >= 15 is 0 Å². The molecule has 1 N–H and O–H groups in total. The second-order valence-corrected chi connectivity index (χ2v) is 7.22. The van der Waals surface area contributed by atoms with Crippen LogP contribution in [0.2, 0.25) is 0 Å². The molecule has 1 aromatic carbocycles. The Morgan fingerprint density at radius 1 is 1.43 bits per heavy atom. The van der Waals surface area contributed by atoms with Crippen molar-refractivity contribution in [3.63, 3.8) is 0 Å². The Balaban J connectivity index is 2.29. The summed E-state index contributed by atoms with van der Waals surface area (Å²) in [7, 11) is -1.58. The van der Waals surface area contributed by atoms with Crippen molar-refractivity contribution in [2.75, 3.05) is 26.7 Å². The zero-order chi connectivity index (χ0) is 15.5. The van der Waals surface area contributed by atoms with Crippen LogP contribution >= 0.6 is 0 Å². The molecule has 21 heavy (non-hydrogen) atoms. The number of sulfonamides is 1. The van der Waals surface area contributed by atoms with E-state index in [1.54, 1.807) is 22.5 Å². The minimum absolute atomic E-state index is 0.0480. The smallest absolute Gasteiger partial charge is 0.243 e. The fraction of sp³-hybridized carbons (Fsp3) is 0.600. The first-order chi connectivity index (χ1) is 10.0. The molecule has 6 heteroatoms. The molecule has 1 aromatic rings. The maximum Gasteiger partial charge on any atom is 0.243 e. The first-order valence-corrected chi connectivity index (χ1v) is 8.84. The summed E-state index contributed by atoms with van der Waals surface area (Å²) in [5.41, 5.74) is 0.849. The van der Waals surface area contributed by atoms with Gasteiger partial charge in [0, 0.05) is 19.1 Å². The Kier molecular flexibility index (Phi) is 5.24. The van der Waals surface area contributed by atoms with E-state index in [0.717, 1.165) is 24.2 Å². The monoisotopic (exact) mass is 312 g/mol. The average molecular weight is 312 g/mol. The van der Waals surface area contributed by atoms with Crippen LogP contribution in [0.1, 0.15) is 25.3 Å². The van der Waals surface area contributed by atoms with Crippen LogP contribution in [0.4, 0.5) is 0 Å². The number of aryl methyl sites for hydroxylation is 1. The average Bonchev–Trinajstić information content (AvgIpc) is 2.90. The Bertz CT molecular complexity index is 587. The van der Waals surface area contributed by atoms with Crippen LogP contribution in [-0.2, 0) is 10.0 Å². The highest BCUT2D eigenvalue weighted by atomic mass is 32.2. The minimum atomic E-state index is -3.43. The topological polar surface area (TPSA) is 58.6 Å². The van der Waals surface area contributed by atoms with Crippen molar-refractivity contribution in [1.29, 1.82) is 0 Å². The number of ether oxygens (including phenoxy) is 1. The molecule has 118 valence electrons. The fourth-order valence-electron chi connectivity index (χ4n) is 2.80. The van der Waals surface area contributed by atoms with Crippen LogP contribution in [0.5, 0.6) is 5.75 Å². The van der Waals surface area contributed by atoms with Gasteiger partial charge in [-0.3, -0.25) is 0 Å². The summed E-state index contributed by atoms with van der Waals surface area (Å²) in [6.07, 6.45) is 1.83. The molecule has 0 aromatic heterocycles. The second-order valence-electron chi connectivity index (χ2n) is 5.33. The van der Waals surface area contributed by atoms with Crippen molar-refractivity contribution in [3.05, 3.63) is 23.8 Å². The lowest BCUT2D eigenvalue weighted by Crippen LogP contribution is -2.40. The van der Waals surface area contributed by atoms with Gasteiger partial charge in [0.15, 0.2) is 0 Å². The zero-order valence-electron chi connectivity index (χ0n) is 12.9. The third-order valence-electron chi connectivity index (χ3n) is 3.82. The number of likely N-dealkylation sites (N-methyl/N-ethyl adjacent to an activating group) is 1. The molecule has 2 rings (SSSR count). The van der Waals surface area contributed by atoms with Gasteiger partial charge in [-0.2, -0.15) is 4.31 Å². The van der Waals surface area contributed by atoms with Crippen molar-refractivity contribution in [3.8, 4) is 5.75 Å². The SMILES string of the molecule is CCOc1ccc(S(=O)(=O)N2CCCC2CNC)cc1C. The maximum atomic E-state index is 12.8. The van der Waals surface area contributed by atoms with Crippen molar-refractivity contribution < 1.29 is 13.2 Å². The van der Waals surface area contributed by atoms with Gasteiger partial charge in [-0.05, 0) is 57.5 Å². The van der Waals surface area contributed by atoms with E-state index in [2.05, 4.69) is 5.32 Å². The molecule has 1 aliphatic heterocycles. The van der Waals surface area contributed by atoms with E-state index in [1.165, 1.54) is 0 Å². The first-order valence-electron chi connectivity index (χ1n) is 7.40. The molecule has 1 heterocycles. The minimum Gasteiger partial charge on any atom is -0.494 e. The highest BCUT2D eigenvalue weighted by molar-refractivity contribution is 7.89. The molecular formula is C15H24N2O3S. The van der Waals surface area contributed by atoms with Crippen LogP contribution in [0.15, 0.2) is 23.1 Å². The summed E-state index contributed by atoms with van der Waals surface area (Å²) in [6.45, 7) is 5.65. The van der Waals surface area contributed by atoms with E-state index < -0.39 is 10.0 Å². The summed E-state index contributed by atoms with van der Waals surface area (Å²) in [5.74, 6) is 0.740. The maximum absolute atomic E-state index is 12.8. The van der Waals surface area contributed by atoms with Gasteiger partial charge >= 0.3 is 0 Å². The van der Waals surface area contributed by atoms with E-state index in [1.807, 2.05) is 20.9 Å². The Labute approximate surface area is 127 Å². The van der Waals surface area contributed by atoms with Gasteiger partial charge in [0.1, 0.15) is 5.75 Å². The van der Waals surface area contributed by atoms with Gasteiger partial charge < -0.3 is 10.1 Å². The van der Waals surface area contributed by atoms with Crippen molar-refractivity contribution >= 4 is 10.0 Å². The molecule has 0 bridgehead atoms. The Hall–Kier alpha value is -1.11. The van der Waals surface area contributed by atoms with Gasteiger partial charge in [-0.15, -0.1) is 0 Å². The molecule has 0 amide bonds. The van der Waals surface area contributed by atoms with Crippen LogP contribution in [0.3, 0.4) is 0 Å². The van der Waals surface area contributed by atoms with Gasteiger partial charge in [-0.25, -0.2) is 8.42 Å². The van der Waals surface area contributed by atoms with Crippen LogP contribution in [0, 0.1) is 6.92 Å². The Morgan fingerprint density at radius 2 is 2.19 bits per heavy atom. The molecule has 5 nitrogen and oxygen atoms in total. The highest BCUT2D eigenvalue weighted by Crippen LogP contribution is 2.28. The first kappa shape index (κ1) is 16.3. The molecule has 0 radical (unpaired) electrons. The lowest BCUT2D eigenvalue weighted by molar-refractivity contribution is 0.337. The number of hydrogen-bond donors (Lipinski definition) is 1. The molecule has 1 atom stereocenters. The molecule has 1 saturated heterocycles. The van der Waals surface area contributed by atoms with Gasteiger partial charge in [0.25, 0.3) is 0 Å². The number of hydrogen-bond acceptors (Lipinski definition) is 4. The predicted octanol–water partition coefficient (Wildman–Crippen LogP) is 1.77. The highest BCUT2D eigenvalue weighted by Gasteiger charge is 2.34. The van der Waals surface area contributed by atoms with Gasteiger partial charge in [0.2, 0.25) is 10.0 Å². The van der Waals surface area contributed by atoms with Gasteiger partial charge in [0.05, 0.1) is 11.5 Å². The Morgan fingerprint density at radius 3 is 2.81 bits per heavy atom. The number of benzene rings is 1. The molecule has 1 unspecified atom stereocenters. The van der Waals surface area contributed by atoms with E-state index in [-0.39, 0.29) is 6.04 Å². The summed E-state index contributed by atoms with van der Waals surface area (Å²) in [6, 6.07) is 5.14. The van der Waals surface area contributed by atoms with Crippen LogP contribution in [-0.4, -0.2) is 45.5 Å². The largest absolute Gasteiger partial charge is 0.494 e. The normalized spacial score (nSPS) is 19.9. The van der Waals surface area contributed by atoms with Crippen LogP contribution in [0.25, 0.3) is 0 Å². The van der Waals surface area contributed by atoms with E-state index in [4.69, 9.17) is 4.74 Å². The second kappa shape index (κ2) is 6.77. The predicted molar refractivity (Wildman–Crippen MR) is 83.2 cm³/mol. The molecule has 0 aliphatic carbocycles. The quantitative estimate of drug-likeness (QED) is 0.870. The molecule has 0 spiro atoms. The number of nitrogens with zero attached hydrogens (tertiary/aromatic N) is 1. The summed E-state index contributed by atoms with van der Waals surface area (Å²) >= 11 is 0.